The van der Waals surface area contributed by atoms with Gasteiger partial charge in [-0.25, -0.2) is 26.7 Å². The minimum absolute atomic E-state index is 0.751. The van der Waals surface area contributed by atoms with Gasteiger partial charge >= 0.3 is 0 Å². The Hall–Kier alpha value is -0.300. The maximum absolute atomic E-state index is 12.0. The minimum atomic E-state index is -3.83. The lowest BCUT2D eigenvalue weighted by molar-refractivity contribution is 0.0486. The first kappa shape index (κ1) is 10.7. The topological polar surface area (TPSA) is 60.2 Å². The predicted octanol–water partition coefficient (Wildman–Crippen LogP) is 0.268. The smallest absolute Gasteiger partial charge is 0.241 e. The number of halogens is 3. The molecule has 0 aromatic heterocycles. The summed E-state index contributed by atoms with van der Waals surface area (Å²) in [7, 11) is -3.83. The Morgan fingerprint density at radius 1 is 1.27 bits per heavy atom. The molecular weight excluding hydrogens is 183 g/mol. The van der Waals surface area contributed by atoms with Gasteiger partial charge in [-0.2, -0.15) is 0 Å². The molecule has 0 aliphatic carbocycles. The van der Waals surface area contributed by atoms with E-state index in [4.69, 9.17) is 0 Å². The van der Waals surface area contributed by atoms with Crippen LogP contribution < -0.4 is 5.14 Å². The van der Waals surface area contributed by atoms with Crippen LogP contribution in [0.1, 0.15) is 6.42 Å². The largest absolute Gasteiger partial charge is 0.269 e. The molecule has 11 heavy (non-hydrogen) atoms. The minimum Gasteiger partial charge on any atom is -0.241 e. The third kappa shape index (κ3) is 6.11. The molecule has 0 amide bonds. The first-order valence-electron chi connectivity index (χ1n) is 2.75. The monoisotopic (exact) mass is 191 g/mol. The quantitative estimate of drug-likeness (QED) is 0.693. The number of nitrogens with two attached hydrogens (primary N) is 1. The van der Waals surface area contributed by atoms with Crippen LogP contribution in [0.15, 0.2) is 0 Å². The van der Waals surface area contributed by atoms with E-state index in [1.165, 1.54) is 0 Å². The maximum Gasteiger partial charge on any atom is 0.269 e. The van der Waals surface area contributed by atoms with Gasteiger partial charge in [-0.1, -0.05) is 0 Å². The summed E-state index contributed by atoms with van der Waals surface area (Å²) >= 11 is 0. The number of sulfonamides is 1. The van der Waals surface area contributed by atoms with Crippen molar-refractivity contribution in [1.29, 1.82) is 0 Å². The lowest BCUT2D eigenvalue weighted by atomic mass is 10.3. The summed E-state index contributed by atoms with van der Waals surface area (Å²) in [5, 5.41) is 4.44. The van der Waals surface area contributed by atoms with E-state index in [9.17, 15) is 21.6 Å². The van der Waals surface area contributed by atoms with Crippen LogP contribution in [0.2, 0.25) is 0 Å². The van der Waals surface area contributed by atoms with Crippen molar-refractivity contribution in [2.24, 2.45) is 5.14 Å². The van der Waals surface area contributed by atoms with E-state index in [-0.39, 0.29) is 0 Å². The van der Waals surface area contributed by atoms with Crippen molar-refractivity contribution in [1.82, 2.24) is 0 Å². The molecule has 0 fully saturated rings. The first-order chi connectivity index (χ1) is 4.83. The van der Waals surface area contributed by atoms with E-state index in [2.05, 4.69) is 5.14 Å². The van der Waals surface area contributed by atoms with Crippen molar-refractivity contribution < 1.29 is 21.6 Å². The van der Waals surface area contributed by atoms with Crippen molar-refractivity contribution in [2.75, 3.05) is 5.75 Å². The molecule has 1 atom stereocenters. The number of rotatable bonds is 4. The average molecular weight is 191 g/mol. The second-order valence-corrected chi connectivity index (χ2v) is 3.74. The zero-order valence-electron chi connectivity index (χ0n) is 5.50. The van der Waals surface area contributed by atoms with Crippen LogP contribution >= 0.6 is 0 Å². The molecule has 0 radical (unpaired) electrons. The lowest BCUT2D eigenvalue weighted by Crippen LogP contribution is -2.22. The molecule has 0 aromatic rings. The van der Waals surface area contributed by atoms with Crippen molar-refractivity contribution in [3.8, 4) is 0 Å². The summed E-state index contributed by atoms with van der Waals surface area (Å²) in [5.74, 6) is -0.751. The zero-order valence-corrected chi connectivity index (χ0v) is 6.32. The number of alkyl halides is 3. The molecule has 0 heterocycles. The maximum atomic E-state index is 12.0. The van der Waals surface area contributed by atoms with E-state index < -0.39 is 34.8 Å². The Morgan fingerprint density at radius 3 is 2.00 bits per heavy atom. The van der Waals surface area contributed by atoms with E-state index in [0.29, 0.717) is 0 Å². The second kappa shape index (κ2) is 3.91. The summed E-state index contributed by atoms with van der Waals surface area (Å²) in [4.78, 5) is 0. The van der Waals surface area contributed by atoms with E-state index in [0.717, 1.165) is 0 Å². The molecule has 0 aliphatic heterocycles. The molecule has 2 N–H and O–H groups in total. The van der Waals surface area contributed by atoms with Gasteiger partial charge in [-0.15, -0.1) is 0 Å². The molecule has 7 heteroatoms. The Labute approximate surface area is 62.4 Å². The fourth-order valence-electron chi connectivity index (χ4n) is 0.403. The van der Waals surface area contributed by atoms with Crippen LogP contribution in [0, 0.1) is 0 Å². The molecule has 0 bridgehead atoms. The second-order valence-electron chi connectivity index (χ2n) is 2.01. The van der Waals surface area contributed by atoms with Gasteiger partial charge in [0.15, 0.2) is 6.17 Å². The summed E-state index contributed by atoms with van der Waals surface area (Å²) in [6.07, 6.45) is -6.30. The first-order valence-corrected chi connectivity index (χ1v) is 4.47. The Kier molecular flexibility index (Phi) is 3.81. The highest BCUT2D eigenvalue weighted by molar-refractivity contribution is 7.89. The van der Waals surface area contributed by atoms with Gasteiger partial charge in [0.2, 0.25) is 10.0 Å². The molecule has 1 unspecified atom stereocenters. The molecule has 0 saturated carbocycles. The number of hydrogen-bond acceptors (Lipinski definition) is 2. The number of primary sulfonamides is 1. The van der Waals surface area contributed by atoms with Crippen LogP contribution in [-0.4, -0.2) is 26.8 Å². The Morgan fingerprint density at radius 2 is 1.73 bits per heavy atom. The van der Waals surface area contributed by atoms with Gasteiger partial charge in [-0.05, 0) is 6.42 Å². The zero-order chi connectivity index (χ0) is 9.07. The standard InChI is InChI=1S/C4H8F3NO2S/c5-3(4(6)7)1-2-11(8,9)10/h3-4H,1-2H2,(H2,8,9,10). The van der Waals surface area contributed by atoms with Crippen LogP contribution in [0.5, 0.6) is 0 Å². The van der Waals surface area contributed by atoms with Gasteiger partial charge < -0.3 is 0 Å². The van der Waals surface area contributed by atoms with Gasteiger partial charge in [0.05, 0.1) is 5.75 Å². The van der Waals surface area contributed by atoms with Crippen molar-refractivity contribution >= 4 is 10.0 Å². The summed E-state index contributed by atoms with van der Waals surface area (Å²) < 4.78 is 55.0. The van der Waals surface area contributed by atoms with Crippen LogP contribution in [0.3, 0.4) is 0 Å². The fraction of sp³-hybridized carbons (Fsp3) is 1.00. The highest BCUT2D eigenvalue weighted by Gasteiger charge is 2.20. The molecule has 68 valence electrons. The highest BCUT2D eigenvalue weighted by atomic mass is 32.2. The average Bonchev–Trinajstić information content (AvgIpc) is 1.80. The van der Waals surface area contributed by atoms with Crippen molar-refractivity contribution in [3.63, 3.8) is 0 Å². The van der Waals surface area contributed by atoms with Crippen molar-refractivity contribution in [3.05, 3.63) is 0 Å². The summed E-state index contributed by atoms with van der Waals surface area (Å²) in [6.45, 7) is 0. The highest BCUT2D eigenvalue weighted by Crippen LogP contribution is 2.09. The molecule has 3 nitrogen and oxygen atoms in total. The predicted molar refractivity (Wildman–Crippen MR) is 33.5 cm³/mol. The molecular formula is C4H8F3NO2S. The summed E-state index contributed by atoms with van der Waals surface area (Å²) in [5.41, 5.74) is 0. The Bertz CT molecular complexity index is 203. The van der Waals surface area contributed by atoms with Gasteiger partial charge in [0, 0.05) is 0 Å². The SMILES string of the molecule is NS(=O)(=O)CCC(F)C(F)F. The lowest BCUT2D eigenvalue weighted by Gasteiger charge is -2.04. The van der Waals surface area contributed by atoms with Crippen molar-refractivity contribution in [2.45, 2.75) is 19.0 Å². The van der Waals surface area contributed by atoms with Gasteiger partial charge in [0.25, 0.3) is 6.43 Å². The molecule has 0 saturated heterocycles. The fourth-order valence-corrected chi connectivity index (χ4v) is 0.957. The number of hydrogen-bond donors (Lipinski definition) is 1. The van der Waals surface area contributed by atoms with Crippen LogP contribution in [0.25, 0.3) is 0 Å². The van der Waals surface area contributed by atoms with Crippen LogP contribution in [-0.2, 0) is 10.0 Å². The van der Waals surface area contributed by atoms with Gasteiger partial charge in [-0.3, -0.25) is 0 Å². The Balaban J connectivity index is 3.72. The van der Waals surface area contributed by atoms with E-state index in [1.54, 1.807) is 0 Å². The third-order valence-electron chi connectivity index (χ3n) is 0.952. The van der Waals surface area contributed by atoms with E-state index in [1.807, 2.05) is 0 Å². The molecule has 0 aliphatic rings. The third-order valence-corrected chi connectivity index (χ3v) is 1.76. The molecule has 0 rings (SSSR count). The summed E-state index contributed by atoms with van der Waals surface area (Å²) in [6, 6.07) is 0. The normalized spacial score (nSPS) is 15.4. The molecule has 0 spiro atoms. The molecule has 0 aromatic carbocycles. The van der Waals surface area contributed by atoms with Gasteiger partial charge in [0.1, 0.15) is 0 Å². The van der Waals surface area contributed by atoms with E-state index >= 15 is 0 Å². The van der Waals surface area contributed by atoms with Crippen LogP contribution in [0.4, 0.5) is 13.2 Å².